The fraction of sp³-hybridized carbons (Fsp3) is 0.115. The normalized spacial score (nSPS) is 11.6. The van der Waals surface area contributed by atoms with Crippen LogP contribution in [0.15, 0.2) is 84.9 Å². The number of methoxy groups -OCH3 is 1. The molecule has 0 aromatic heterocycles. The second kappa shape index (κ2) is 8.19. The first kappa shape index (κ1) is 18.8. The molecule has 4 aromatic rings. The third-order valence-electron chi connectivity index (χ3n) is 5.22. The molecule has 1 N–H and O–H groups in total. The molecule has 4 rings (SSSR count). The van der Waals surface area contributed by atoms with Crippen molar-refractivity contribution < 1.29 is 9.53 Å². The molecule has 144 valence electrons. The highest BCUT2D eigenvalue weighted by Gasteiger charge is 2.12. The van der Waals surface area contributed by atoms with E-state index in [1.165, 1.54) is 16.2 Å². The summed E-state index contributed by atoms with van der Waals surface area (Å²) in [6, 6.07) is 26.9. The van der Waals surface area contributed by atoms with Gasteiger partial charge in [-0.3, -0.25) is 4.79 Å². The minimum absolute atomic E-state index is 0.106. The lowest BCUT2D eigenvalue weighted by atomic mass is 9.90. The topological polar surface area (TPSA) is 38.3 Å². The highest BCUT2D eigenvalue weighted by Crippen LogP contribution is 2.34. The van der Waals surface area contributed by atoms with Crippen LogP contribution in [0.2, 0.25) is 0 Å². The van der Waals surface area contributed by atoms with Gasteiger partial charge in [0.05, 0.1) is 7.11 Å². The largest absolute Gasteiger partial charge is 0.497 e. The summed E-state index contributed by atoms with van der Waals surface area (Å²) in [5, 5.41) is 7.44. The molecule has 3 heteroatoms. The van der Waals surface area contributed by atoms with Crippen molar-refractivity contribution in [3.63, 3.8) is 0 Å². The number of amides is 1. The Hall–Kier alpha value is -3.59. The number of hydrogen-bond acceptors (Lipinski definition) is 2. The van der Waals surface area contributed by atoms with E-state index in [1.807, 2.05) is 36.4 Å². The number of carbonyl (C=O) groups excluding carboxylic acids is 1. The van der Waals surface area contributed by atoms with Crippen molar-refractivity contribution in [2.45, 2.75) is 6.42 Å². The summed E-state index contributed by atoms with van der Waals surface area (Å²) in [7, 11) is 3.31. The Morgan fingerprint density at radius 1 is 0.897 bits per heavy atom. The van der Waals surface area contributed by atoms with Crippen molar-refractivity contribution in [3.8, 4) is 5.75 Å². The molecule has 0 saturated carbocycles. The van der Waals surface area contributed by atoms with Crippen LogP contribution >= 0.6 is 0 Å². The predicted octanol–water partition coefficient (Wildman–Crippen LogP) is 5.37. The molecule has 3 nitrogen and oxygen atoms in total. The molecule has 0 unspecified atom stereocenters. The predicted molar refractivity (Wildman–Crippen MR) is 120 cm³/mol. The number of likely N-dealkylation sites (N-methyl/N-ethyl adjacent to an activating group) is 1. The molecule has 4 aromatic carbocycles. The lowest BCUT2D eigenvalue weighted by Gasteiger charge is -2.14. The fourth-order valence-corrected chi connectivity index (χ4v) is 3.74. The Kier molecular flexibility index (Phi) is 5.30. The zero-order chi connectivity index (χ0) is 20.2. The summed E-state index contributed by atoms with van der Waals surface area (Å²) in [5.74, 6) is 0.715. The molecule has 0 radical (unpaired) electrons. The summed E-state index contributed by atoms with van der Waals surface area (Å²) < 4.78 is 5.27. The molecule has 0 heterocycles. The number of benzene rings is 4. The highest BCUT2D eigenvalue weighted by atomic mass is 16.5. The van der Waals surface area contributed by atoms with Gasteiger partial charge < -0.3 is 10.1 Å². The lowest BCUT2D eigenvalue weighted by Crippen LogP contribution is -2.15. The van der Waals surface area contributed by atoms with Crippen LogP contribution in [0, 0.1) is 0 Å². The number of rotatable bonds is 5. The smallest absolute Gasteiger partial charge is 0.244 e. The van der Waals surface area contributed by atoms with Crippen LogP contribution in [0.25, 0.3) is 27.1 Å². The molecule has 0 bridgehead atoms. The first-order valence-corrected chi connectivity index (χ1v) is 9.65. The van der Waals surface area contributed by atoms with Gasteiger partial charge in [0.2, 0.25) is 5.91 Å². The van der Waals surface area contributed by atoms with Crippen molar-refractivity contribution in [1.29, 1.82) is 0 Å². The monoisotopic (exact) mass is 381 g/mol. The van der Waals surface area contributed by atoms with E-state index in [2.05, 4.69) is 47.8 Å². The van der Waals surface area contributed by atoms with Crippen LogP contribution in [-0.4, -0.2) is 20.1 Å². The summed E-state index contributed by atoms with van der Waals surface area (Å²) in [6.07, 6.45) is 2.36. The van der Waals surface area contributed by atoms with Gasteiger partial charge in [-0.1, -0.05) is 60.7 Å². The summed E-state index contributed by atoms with van der Waals surface area (Å²) >= 11 is 0. The summed E-state index contributed by atoms with van der Waals surface area (Å²) in [6.45, 7) is 0. The number of carbonyl (C=O) groups is 1. The molecular formula is C26H23NO2. The lowest BCUT2D eigenvalue weighted by molar-refractivity contribution is -0.116. The number of nitrogens with one attached hydrogen (secondary N) is 1. The minimum atomic E-state index is -0.106. The second-order valence-corrected chi connectivity index (χ2v) is 7.00. The number of ether oxygens (including phenoxy) is 1. The molecule has 0 aliphatic heterocycles. The maximum Gasteiger partial charge on any atom is 0.244 e. The molecule has 0 aliphatic carbocycles. The van der Waals surface area contributed by atoms with Gasteiger partial charge in [0, 0.05) is 13.1 Å². The average molecular weight is 381 g/mol. The van der Waals surface area contributed by atoms with Gasteiger partial charge in [-0.25, -0.2) is 0 Å². The molecule has 1 amide bonds. The number of hydrogen-bond donors (Lipinski definition) is 1. The zero-order valence-electron chi connectivity index (χ0n) is 16.6. The van der Waals surface area contributed by atoms with E-state index >= 15 is 0 Å². The third kappa shape index (κ3) is 3.85. The van der Waals surface area contributed by atoms with Crippen LogP contribution in [0.5, 0.6) is 5.75 Å². The maximum absolute atomic E-state index is 12.3. The SMILES string of the molecule is CNC(=O)C=C(Cc1ccc(OC)cc1)c1cc2ccccc2c2ccccc12. The Labute approximate surface area is 170 Å². The van der Waals surface area contributed by atoms with E-state index in [1.54, 1.807) is 20.2 Å². The Balaban J connectivity index is 1.90. The average Bonchev–Trinajstić information content (AvgIpc) is 2.78. The number of fused-ring (bicyclic) bond motifs is 3. The fourth-order valence-electron chi connectivity index (χ4n) is 3.74. The van der Waals surface area contributed by atoms with Crippen LogP contribution in [-0.2, 0) is 11.2 Å². The molecule has 0 saturated heterocycles. The van der Waals surface area contributed by atoms with E-state index in [-0.39, 0.29) is 5.91 Å². The Morgan fingerprint density at radius 3 is 2.24 bits per heavy atom. The molecule has 0 aliphatic rings. The van der Waals surface area contributed by atoms with Crippen molar-refractivity contribution in [1.82, 2.24) is 5.32 Å². The van der Waals surface area contributed by atoms with Crippen molar-refractivity contribution in [3.05, 3.63) is 96.1 Å². The van der Waals surface area contributed by atoms with Gasteiger partial charge in [-0.15, -0.1) is 0 Å². The Morgan fingerprint density at radius 2 is 1.55 bits per heavy atom. The third-order valence-corrected chi connectivity index (χ3v) is 5.22. The van der Waals surface area contributed by atoms with Gasteiger partial charge in [0.25, 0.3) is 0 Å². The van der Waals surface area contributed by atoms with Gasteiger partial charge in [0.15, 0.2) is 0 Å². The van der Waals surface area contributed by atoms with Crippen LogP contribution < -0.4 is 10.1 Å². The van der Waals surface area contributed by atoms with E-state index in [0.717, 1.165) is 27.8 Å². The minimum Gasteiger partial charge on any atom is -0.497 e. The molecular weight excluding hydrogens is 358 g/mol. The van der Waals surface area contributed by atoms with E-state index in [9.17, 15) is 4.79 Å². The molecule has 29 heavy (non-hydrogen) atoms. The maximum atomic E-state index is 12.3. The van der Waals surface area contributed by atoms with Gasteiger partial charge in [-0.2, -0.15) is 0 Å². The standard InChI is InChI=1S/C26H23NO2/c1-27-26(28)17-20(15-18-11-13-21(29-2)14-12-18)25-16-19-7-3-4-8-22(19)23-9-5-6-10-24(23)25/h3-14,16-17H,15H2,1-2H3,(H,27,28). The first-order chi connectivity index (χ1) is 14.2. The molecule has 0 atom stereocenters. The first-order valence-electron chi connectivity index (χ1n) is 9.65. The molecule has 0 spiro atoms. The van der Waals surface area contributed by atoms with Crippen LogP contribution in [0.3, 0.4) is 0 Å². The highest BCUT2D eigenvalue weighted by molar-refractivity contribution is 6.13. The number of allylic oxidation sites excluding steroid dienone is 1. The van der Waals surface area contributed by atoms with Gasteiger partial charge in [0.1, 0.15) is 5.75 Å². The summed E-state index contributed by atoms with van der Waals surface area (Å²) in [4.78, 5) is 12.3. The van der Waals surface area contributed by atoms with E-state index in [0.29, 0.717) is 6.42 Å². The summed E-state index contributed by atoms with van der Waals surface area (Å²) in [5.41, 5.74) is 3.19. The van der Waals surface area contributed by atoms with Crippen LogP contribution in [0.4, 0.5) is 0 Å². The van der Waals surface area contributed by atoms with Crippen molar-refractivity contribution in [2.75, 3.05) is 14.2 Å². The van der Waals surface area contributed by atoms with E-state index < -0.39 is 0 Å². The molecule has 0 fully saturated rings. The van der Waals surface area contributed by atoms with Crippen molar-refractivity contribution in [2.24, 2.45) is 0 Å². The van der Waals surface area contributed by atoms with Crippen molar-refractivity contribution >= 4 is 33.0 Å². The van der Waals surface area contributed by atoms with E-state index in [4.69, 9.17) is 4.74 Å². The Bertz CT molecular complexity index is 1210. The van der Waals surface area contributed by atoms with Gasteiger partial charge in [-0.05, 0) is 62.9 Å². The zero-order valence-corrected chi connectivity index (χ0v) is 16.6. The van der Waals surface area contributed by atoms with Crippen LogP contribution in [0.1, 0.15) is 11.1 Å². The second-order valence-electron chi connectivity index (χ2n) is 7.00. The van der Waals surface area contributed by atoms with Gasteiger partial charge >= 0.3 is 0 Å². The quantitative estimate of drug-likeness (QED) is 0.373.